The maximum atomic E-state index is 6.42. The van der Waals surface area contributed by atoms with E-state index in [-0.39, 0.29) is 0 Å². The first-order chi connectivity index (χ1) is 7.36. The number of halogens is 1. The van der Waals surface area contributed by atoms with Gasteiger partial charge in [0.15, 0.2) is 0 Å². The lowest BCUT2D eigenvalue weighted by Gasteiger charge is -2.23. The van der Waals surface area contributed by atoms with E-state index in [1.807, 2.05) is 11.3 Å². The van der Waals surface area contributed by atoms with Gasteiger partial charge in [-0.3, -0.25) is 0 Å². The van der Waals surface area contributed by atoms with E-state index in [2.05, 4.69) is 5.32 Å². The van der Waals surface area contributed by atoms with Crippen LogP contribution in [0.2, 0.25) is 5.02 Å². The fraction of sp³-hybridized carbons (Fsp3) is 0.636. The zero-order valence-electron chi connectivity index (χ0n) is 8.51. The highest BCUT2D eigenvalue weighted by molar-refractivity contribution is 7.13. The molecule has 2 aliphatic rings. The molecule has 1 saturated heterocycles. The number of aryl methyl sites for hydroxylation is 1. The van der Waals surface area contributed by atoms with Gasteiger partial charge in [-0.15, -0.1) is 11.3 Å². The molecule has 0 radical (unpaired) electrons. The summed E-state index contributed by atoms with van der Waals surface area (Å²) in [4.78, 5) is 2.79. The molecular formula is C11H14ClNOS. The van der Waals surface area contributed by atoms with Gasteiger partial charge in [-0.25, -0.2) is 0 Å². The minimum Gasteiger partial charge on any atom is -0.378 e. The second kappa shape index (κ2) is 4.06. The fourth-order valence-corrected chi connectivity index (χ4v) is 4.20. The molecule has 1 aliphatic heterocycles. The topological polar surface area (TPSA) is 21.3 Å². The van der Waals surface area contributed by atoms with Gasteiger partial charge >= 0.3 is 0 Å². The lowest BCUT2D eigenvalue weighted by Crippen LogP contribution is -2.34. The summed E-state index contributed by atoms with van der Waals surface area (Å²) in [6.07, 6.45) is 3.65. The van der Waals surface area contributed by atoms with Crippen LogP contribution in [0, 0.1) is 0 Å². The SMILES string of the molecule is Clc1c(C2COCCN2)sc2c1CCC2. The van der Waals surface area contributed by atoms with E-state index in [0.29, 0.717) is 6.04 Å². The Morgan fingerprint density at radius 2 is 2.33 bits per heavy atom. The molecule has 15 heavy (non-hydrogen) atoms. The highest BCUT2D eigenvalue weighted by atomic mass is 35.5. The van der Waals surface area contributed by atoms with Crippen molar-refractivity contribution >= 4 is 22.9 Å². The van der Waals surface area contributed by atoms with Crippen LogP contribution >= 0.6 is 22.9 Å². The average Bonchev–Trinajstić information content (AvgIpc) is 2.83. The summed E-state index contributed by atoms with van der Waals surface area (Å²) in [6, 6.07) is 0.321. The van der Waals surface area contributed by atoms with Crippen molar-refractivity contribution in [2.24, 2.45) is 0 Å². The molecule has 2 nitrogen and oxygen atoms in total. The number of hydrogen-bond acceptors (Lipinski definition) is 3. The summed E-state index contributed by atoms with van der Waals surface area (Å²) in [5.41, 5.74) is 1.41. The number of ether oxygens (including phenoxy) is 1. The van der Waals surface area contributed by atoms with E-state index in [1.165, 1.54) is 28.2 Å². The molecule has 1 N–H and O–H groups in total. The zero-order valence-corrected chi connectivity index (χ0v) is 10.1. The second-order valence-electron chi connectivity index (χ2n) is 4.12. The Balaban J connectivity index is 1.91. The number of hydrogen-bond donors (Lipinski definition) is 1. The summed E-state index contributed by atoms with van der Waals surface area (Å²) >= 11 is 8.30. The first-order valence-electron chi connectivity index (χ1n) is 5.47. The third-order valence-electron chi connectivity index (χ3n) is 3.12. The molecule has 2 heterocycles. The van der Waals surface area contributed by atoms with Crippen molar-refractivity contribution < 1.29 is 4.74 Å². The van der Waals surface area contributed by atoms with Crippen molar-refractivity contribution in [2.75, 3.05) is 19.8 Å². The normalized spacial score (nSPS) is 25.5. The first kappa shape index (κ1) is 10.1. The van der Waals surface area contributed by atoms with Gasteiger partial charge < -0.3 is 10.1 Å². The molecule has 82 valence electrons. The summed E-state index contributed by atoms with van der Waals surface area (Å²) in [7, 11) is 0. The average molecular weight is 244 g/mol. The van der Waals surface area contributed by atoms with Crippen LogP contribution in [-0.2, 0) is 17.6 Å². The van der Waals surface area contributed by atoms with Gasteiger partial charge in [0.2, 0.25) is 0 Å². The molecule has 1 unspecified atom stereocenters. The van der Waals surface area contributed by atoms with Crippen molar-refractivity contribution in [3.8, 4) is 0 Å². The summed E-state index contributed by atoms with van der Waals surface area (Å²) in [6.45, 7) is 2.52. The van der Waals surface area contributed by atoms with Gasteiger partial charge in [-0.05, 0) is 24.8 Å². The number of thiophene rings is 1. The van der Waals surface area contributed by atoms with E-state index < -0.39 is 0 Å². The smallest absolute Gasteiger partial charge is 0.0670 e. The maximum Gasteiger partial charge on any atom is 0.0670 e. The summed E-state index contributed by atoms with van der Waals surface area (Å²) in [5, 5.41) is 4.48. The molecule has 0 spiro atoms. The molecule has 1 aromatic heterocycles. The molecular weight excluding hydrogens is 230 g/mol. The molecule has 1 fully saturated rings. The lowest BCUT2D eigenvalue weighted by molar-refractivity contribution is 0.0779. The Kier molecular flexibility index (Phi) is 2.73. The van der Waals surface area contributed by atoms with Crippen LogP contribution in [0.5, 0.6) is 0 Å². The number of fused-ring (bicyclic) bond motifs is 1. The zero-order chi connectivity index (χ0) is 10.3. The van der Waals surface area contributed by atoms with Gasteiger partial charge in [-0.1, -0.05) is 11.6 Å². The van der Waals surface area contributed by atoms with Gasteiger partial charge in [0.05, 0.1) is 24.3 Å². The van der Waals surface area contributed by atoms with E-state index in [4.69, 9.17) is 16.3 Å². The summed E-state index contributed by atoms with van der Waals surface area (Å²) < 4.78 is 5.48. The van der Waals surface area contributed by atoms with Gasteiger partial charge in [0, 0.05) is 16.3 Å². The Bertz CT molecular complexity index is 371. The monoisotopic (exact) mass is 243 g/mol. The van der Waals surface area contributed by atoms with Crippen LogP contribution in [-0.4, -0.2) is 19.8 Å². The van der Waals surface area contributed by atoms with Crippen LogP contribution in [0.15, 0.2) is 0 Å². The second-order valence-corrected chi connectivity index (χ2v) is 5.63. The first-order valence-corrected chi connectivity index (χ1v) is 6.67. The van der Waals surface area contributed by atoms with Crippen molar-refractivity contribution in [2.45, 2.75) is 25.3 Å². The van der Waals surface area contributed by atoms with Gasteiger partial charge in [0.25, 0.3) is 0 Å². The summed E-state index contributed by atoms with van der Waals surface area (Å²) in [5.74, 6) is 0. The van der Waals surface area contributed by atoms with E-state index >= 15 is 0 Å². The van der Waals surface area contributed by atoms with Gasteiger partial charge in [0.1, 0.15) is 0 Å². The van der Waals surface area contributed by atoms with Crippen LogP contribution in [0.25, 0.3) is 0 Å². The van der Waals surface area contributed by atoms with Gasteiger partial charge in [-0.2, -0.15) is 0 Å². The minimum atomic E-state index is 0.321. The predicted octanol–water partition coefficient (Wildman–Crippen LogP) is 2.55. The van der Waals surface area contributed by atoms with E-state index in [1.54, 1.807) is 0 Å². The Morgan fingerprint density at radius 3 is 3.07 bits per heavy atom. The number of nitrogens with one attached hydrogen (secondary N) is 1. The molecule has 1 aliphatic carbocycles. The van der Waals surface area contributed by atoms with Crippen LogP contribution < -0.4 is 5.32 Å². The number of morpholine rings is 1. The molecule has 3 rings (SSSR count). The largest absolute Gasteiger partial charge is 0.378 e. The molecule has 0 aromatic carbocycles. The highest BCUT2D eigenvalue weighted by Crippen LogP contribution is 2.41. The lowest BCUT2D eigenvalue weighted by atomic mass is 10.2. The van der Waals surface area contributed by atoms with Crippen LogP contribution in [0.4, 0.5) is 0 Å². The molecule has 0 bridgehead atoms. The van der Waals surface area contributed by atoms with Crippen molar-refractivity contribution in [1.82, 2.24) is 5.32 Å². The maximum absolute atomic E-state index is 6.42. The highest BCUT2D eigenvalue weighted by Gasteiger charge is 2.26. The standard InChI is InChI=1S/C11H14ClNOS/c12-10-7-2-1-3-9(7)15-11(10)8-6-14-5-4-13-8/h8,13H,1-6H2. The van der Waals surface area contributed by atoms with E-state index in [9.17, 15) is 0 Å². The quantitative estimate of drug-likeness (QED) is 0.819. The molecule has 1 aromatic rings. The third kappa shape index (κ3) is 1.72. The number of rotatable bonds is 1. The minimum absolute atomic E-state index is 0.321. The van der Waals surface area contributed by atoms with Crippen molar-refractivity contribution in [1.29, 1.82) is 0 Å². The van der Waals surface area contributed by atoms with E-state index in [0.717, 1.165) is 31.2 Å². The Labute approximate surface area is 98.6 Å². The molecule has 4 heteroatoms. The fourth-order valence-electron chi connectivity index (χ4n) is 2.34. The third-order valence-corrected chi connectivity index (χ3v) is 5.07. The Morgan fingerprint density at radius 1 is 1.40 bits per heavy atom. The molecule has 0 amide bonds. The van der Waals surface area contributed by atoms with Crippen LogP contribution in [0.1, 0.15) is 27.8 Å². The predicted molar refractivity (Wildman–Crippen MR) is 62.9 cm³/mol. The van der Waals surface area contributed by atoms with Crippen molar-refractivity contribution in [3.05, 3.63) is 20.3 Å². The molecule has 1 atom stereocenters. The van der Waals surface area contributed by atoms with Crippen LogP contribution in [0.3, 0.4) is 0 Å². The Hall–Kier alpha value is -0.0900. The molecule has 0 saturated carbocycles. The van der Waals surface area contributed by atoms with Crippen molar-refractivity contribution in [3.63, 3.8) is 0 Å².